The van der Waals surface area contributed by atoms with E-state index in [-0.39, 0.29) is 11.7 Å². The summed E-state index contributed by atoms with van der Waals surface area (Å²) in [5, 5.41) is 16.5. The molecule has 4 N–H and O–H groups in total. The molecule has 1 aliphatic rings. The summed E-state index contributed by atoms with van der Waals surface area (Å²) in [4.78, 5) is 24.7. The van der Waals surface area contributed by atoms with E-state index >= 15 is 0 Å². The molecular weight excluding hydrogens is 412 g/mol. The molecule has 158 valence electrons. The molecular formula is C23H22N4O3S. The number of benzene rings is 2. The zero-order chi connectivity index (χ0) is 22.4. The van der Waals surface area contributed by atoms with Gasteiger partial charge >= 0.3 is 0 Å². The molecule has 0 aliphatic carbocycles. The number of nitriles is 1. The predicted octanol–water partition coefficient (Wildman–Crippen LogP) is 3.25. The van der Waals surface area contributed by atoms with Crippen LogP contribution in [-0.4, -0.2) is 24.7 Å². The van der Waals surface area contributed by atoms with Crippen LogP contribution in [0.25, 0.3) is 0 Å². The molecule has 1 atom stereocenters. The number of methoxy groups -OCH3 is 1. The van der Waals surface area contributed by atoms with Crippen molar-refractivity contribution in [3.05, 3.63) is 82.0 Å². The third kappa shape index (κ3) is 4.90. The second-order valence-electron chi connectivity index (χ2n) is 6.77. The second-order valence-corrected chi connectivity index (χ2v) is 7.76. The molecule has 3 rings (SSSR count). The zero-order valence-corrected chi connectivity index (χ0v) is 18.0. The number of para-hydroxylation sites is 2. The minimum Gasteiger partial charge on any atom is -0.495 e. The number of allylic oxidation sites excluding steroid dienone is 2. The van der Waals surface area contributed by atoms with Gasteiger partial charge in [-0.25, -0.2) is 0 Å². The maximum atomic E-state index is 13.4. The fourth-order valence-corrected chi connectivity index (χ4v) is 4.22. The Morgan fingerprint density at radius 3 is 2.52 bits per heavy atom. The quantitative estimate of drug-likeness (QED) is 0.616. The Kier molecular flexibility index (Phi) is 7.00. The predicted molar refractivity (Wildman–Crippen MR) is 121 cm³/mol. The number of carbonyl (C=O) groups excluding carboxylic acids is 2. The zero-order valence-electron chi connectivity index (χ0n) is 17.1. The van der Waals surface area contributed by atoms with Gasteiger partial charge in [0.25, 0.3) is 5.91 Å². The fraction of sp³-hybridized carbons (Fsp3) is 0.174. The highest BCUT2D eigenvalue weighted by Crippen LogP contribution is 2.41. The molecule has 0 radical (unpaired) electrons. The second kappa shape index (κ2) is 9.87. The van der Waals surface area contributed by atoms with Crippen molar-refractivity contribution in [2.24, 2.45) is 5.73 Å². The van der Waals surface area contributed by atoms with E-state index in [1.807, 2.05) is 36.4 Å². The lowest BCUT2D eigenvalue weighted by atomic mass is 9.82. The van der Waals surface area contributed by atoms with Gasteiger partial charge in [0, 0.05) is 11.3 Å². The molecule has 0 spiro atoms. The number of amides is 2. The van der Waals surface area contributed by atoms with E-state index in [0.29, 0.717) is 33.3 Å². The SMILES string of the molecule is COc1ccccc1NC(=O)C1=C(C)NC(SCC(N)=O)=C(C#N)[C@H]1c1ccccc1. The van der Waals surface area contributed by atoms with Crippen molar-refractivity contribution >= 4 is 29.3 Å². The number of nitrogens with zero attached hydrogens (tertiary/aromatic N) is 1. The summed E-state index contributed by atoms with van der Waals surface area (Å²) in [6.07, 6.45) is 0. The normalized spacial score (nSPS) is 15.7. The number of hydrogen-bond acceptors (Lipinski definition) is 6. The molecule has 0 bridgehead atoms. The van der Waals surface area contributed by atoms with Gasteiger partial charge < -0.3 is 21.1 Å². The Labute approximate surface area is 185 Å². The topological polar surface area (TPSA) is 117 Å². The lowest BCUT2D eigenvalue weighted by Gasteiger charge is -2.30. The number of primary amides is 1. The molecule has 0 aromatic heterocycles. The summed E-state index contributed by atoms with van der Waals surface area (Å²) in [6, 6.07) is 18.6. The van der Waals surface area contributed by atoms with Gasteiger partial charge in [-0.2, -0.15) is 5.26 Å². The number of anilines is 1. The van der Waals surface area contributed by atoms with Gasteiger partial charge in [0.1, 0.15) is 5.75 Å². The summed E-state index contributed by atoms with van der Waals surface area (Å²) in [6.45, 7) is 1.77. The smallest absolute Gasteiger partial charge is 0.254 e. The van der Waals surface area contributed by atoms with Gasteiger partial charge in [-0.15, -0.1) is 0 Å². The van der Waals surface area contributed by atoms with Crippen molar-refractivity contribution in [1.29, 1.82) is 5.26 Å². The molecule has 2 amide bonds. The third-order valence-corrected chi connectivity index (χ3v) is 5.78. The van der Waals surface area contributed by atoms with Gasteiger partial charge in [0.2, 0.25) is 5.91 Å². The Morgan fingerprint density at radius 1 is 1.19 bits per heavy atom. The first-order chi connectivity index (χ1) is 15.0. The number of nitrogens with one attached hydrogen (secondary N) is 2. The van der Waals surface area contributed by atoms with E-state index in [1.165, 1.54) is 7.11 Å². The number of rotatable bonds is 7. The maximum absolute atomic E-state index is 13.4. The lowest BCUT2D eigenvalue weighted by Crippen LogP contribution is -2.31. The number of dihydropyridines is 1. The first-order valence-electron chi connectivity index (χ1n) is 9.48. The van der Waals surface area contributed by atoms with E-state index in [1.54, 1.807) is 25.1 Å². The highest BCUT2D eigenvalue weighted by atomic mass is 32.2. The monoisotopic (exact) mass is 434 g/mol. The average Bonchev–Trinajstić information content (AvgIpc) is 2.77. The van der Waals surface area contributed by atoms with Crippen molar-refractivity contribution in [3.63, 3.8) is 0 Å². The summed E-state index contributed by atoms with van der Waals surface area (Å²) in [5.74, 6) is -0.893. The van der Waals surface area contributed by atoms with E-state index in [0.717, 1.165) is 17.3 Å². The van der Waals surface area contributed by atoms with Crippen LogP contribution in [0.4, 0.5) is 5.69 Å². The summed E-state index contributed by atoms with van der Waals surface area (Å²) < 4.78 is 5.33. The number of carbonyl (C=O) groups is 2. The van der Waals surface area contributed by atoms with Crippen molar-refractivity contribution in [1.82, 2.24) is 5.32 Å². The lowest BCUT2D eigenvalue weighted by molar-refractivity contribution is -0.115. The summed E-state index contributed by atoms with van der Waals surface area (Å²) in [7, 11) is 1.53. The van der Waals surface area contributed by atoms with Crippen LogP contribution in [0.5, 0.6) is 5.75 Å². The molecule has 7 nitrogen and oxygen atoms in total. The van der Waals surface area contributed by atoms with Crippen LogP contribution in [-0.2, 0) is 9.59 Å². The van der Waals surface area contributed by atoms with Gasteiger partial charge in [-0.3, -0.25) is 9.59 Å². The average molecular weight is 435 g/mol. The van der Waals surface area contributed by atoms with Crippen LogP contribution in [0.2, 0.25) is 0 Å². The van der Waals surface area contributed by atoms with Crippen molar-refractivity contribution in [2.75, 3.05) is 18.2 Å². The molecule has 2 aromatic rings. The van der Waals surface area contributed by atoms with Gasteiger partial charge in [-0.05, 0) is 24.6 Å². The molecule has 0 saturated heterocycles. The highest BCUT2D eigenvalue weighted by molar-refractivity contribution is 8.03. The van der Waals surface area contributed by atoms with Crippen molar-refractivity contribution in [3.8, 4) is 11.8 Å². The molecule has 31 heavy (non-hydrogen) atoms. The van der Waals surface area contributed by atoms with E-state index in [4.69, 9.17) is 10.5 Å². The Hall–Kier alpha value is -3.70. The number of hydrogen-bond donors (Lipinski definition) is 3. The van der Waals surface area contributed by atoms with Crippen LogP contribution in [0.3, 0.4) is 0 Å². The molecule has 0 saturated carbocycles. The molecule has 2 aromatic carbocycles. The number of thioether (sulfide) groups is 1. The van der Waals surface area contributed by atoms with Crippen molar-refractivity contribution < 1.29 is 14.3 Å². The summed E-state index contributed by atoms with van der Waals surface area (Å²) >= 11 is 1.15. The summed E-state index contributed by atoms with van der Waals surface area (Å²) in [5.41, 5.74) is 7.96. The molecule has 0 fully saturated rings. The van der Waals surface area contributed by atoms with E-state index in [9.17, 15) is 14.9 Å². The van der Waals surface area contributed by atoms with Crippen molar-refractivity contribution in [2.45, 2.75) is 12.8 Å². The highest BCUT2D eigenvalue weighted by Gasteiger charge is 2.34. The minimum absolute atomic E-state index is 0.0189. The van der Waals surface area contributed by atoms with Gasteiger partial charge in [0.05, 0.1) is 41.1 Å². The van der Waals surface area contributed by atoms with Crippen LogP contribution in [0.1, 0.15) is 18.4 Å². The fourth-order valence-electron chi connectivity index (χ4n) is 3.39. The Bertz CT molecular complexity index is 1100. The Balaban J connectivity index is 2.05. The van der Waals surface area contributed by atoms with Crippen LogP contribution < -0.4 is 21.1 Å². The van der Waals surface area contributed by atoms with Crippen LogP contribution in [0.15, 0.2) is 76.5 Å². The van der Waals surface area contributed by atoms with Crippen LogP contribution >= 0.6 is 11.8 Å². The number of ether oxygens (including phenoxy) is 1. The van der Waals surface area contributed by atoms with Crippen LogP contribution in [0, 0.1) is 11.3 Å². The first kappa shape index (κ1) is 22.0. The van der Waals surface area contributed by atoms with Gasteiger partial charge in [0.15, 0.2) is 0 Å². The number of nitrogens with two attached hydrogens (primary N) is 1. The molecule has 0 unspecified atom stereocenters. The van der Waals surface area contributed by atoms with Gasteiger partial charge in [-0.1, -0.05) is 54.2 Å². The Morgan fingerprint density at radius 2 is 1.87 bits per heavy atom. The first-order valence-corrected chi connectivity index (χ1v) is 10.5. The third-order valence-electron chi connectivity index (χ3n) is 4.74. The maximum Gasteiger partial charge on any atom is 0.254 e. The van der Waals surface area contributed by atoms with E-state index < -0.39 is 11.8 Å². The largest absolute Gasteiger partial charge is 0.495 e. The minimum atomic E-state index is -0.600. The standard InChI is InChI=1S/C23H22N4O3S/c1-14-20(22(29)27-17-10-6-7-11-18(17)30-2)21(15-8-4-3-5-9-15)16(12-24)23(26-14)31-13-19(25)28/h3-11,21,26H,13H2,1-2H3,(H2,25,28)(H,27,29)/t21-/m1/s1. The molecule has 1 heterocycles. The molecule has 8 heteroatoms. The molecule has 1 aliphatic heterocycles. The van der Waals surface area contributed by atoms with E-state index in [2.05, 4.69) is 16.7 Å².